The minimum absolute atomic E-state index is 0.0380. The summed E-state index contributed by atoms with van der Waals surface area (Å²) in [6, 6.07) is 10.0. The molecule has 10 nitrogen and oxygen atoms in total. The number of hydrogen-bond donors (Lipinski definition) is 5. The SMILES string of the molecule is O=C(Oc1ccc2c(=O)c(-c3ccc(O)cc3)coc2c1)[C@H]1O[C@@H](O)[C@H](O)[C@@H](O)[C@@H]1O. The van der Waals surface area contributed by atoms with Crippen molar-refractivity contribution in [2.45, 2.75) is 30.7 Å². The lowest BCUT2D eigenvalue weighted by molar-refractivity contribution is -0.279. The summed E-state index contributed by atoms with van der Waals surface area (Å²) < 4.78 is 15.4. The van der Waals surface area contributed by atoms with Gasteiger partial charge in [-0.15, -0.1) is 0 Å². The Balaban J connectivity index is 1.58. The van der Waals surface area contributed by atoms with E-state index in [-0.39, 0.29) is 33.5 Å². The highest BCUT2D eigenvalue weighted by atomic mass is 16.7. The van der Waals surface area contributed by atoms with Gasteiger partial charge < -0.3 is 39.4 Å². The first-order chi connectivity index (χ1) is 14.8. The molecule has 1 fully saturated rings. The summed E-state index contributed by atoms with van der Waals surface area (Å²) in [6.07, 6.45) is -7.80. The van der Waals surface area contributed by atoms with E-state index in [1.54, 1.807) is 12.1 Å². The average Bonchev–Trinajstić information content (AvgIpc) is 2.76. The fraction of sp³-hybridized carbons (Fsp3) is 0.238. The summed E-state index contributed by atoms with van der Waals surface area (Å²) in [5.74, 6) is -1.11. The van der Waals surface area contributed by atoms with Gasteiger partial charge in [0.2, 0.25) is 0 Å². The third-order valence-corrected chi connectivity index (χ3v) is 4.96. The van der Waals surface area contributed by atoms with Crippen molar-refractivity contribution in [2.24, 2.45) is 0 Å². The van der Waals surface area contributed by atoms with Gasteiger partial charge in [0.15, 0.2) is 17.8 Å². The fourth-order valence-corrected chi connectivity index (χ4v) is 3.24. The van der Waals surface area contributed by atoms with Gasteiger partial charge >= 0.3 is 5.97 Å². The molecule has 5 N–H and O–H groups in total. The van der Waals surface area contributed by atoms with E-state index in [0.29, 0.717) is 5.56 Å². The minimum Gasteiger partial charge on any atom is -0.508 e. The molecule has 10 heteroatoms. The van der Waals surface area contributed by atoms with Crippen LogP contribution in [-0.2, 0) is 9.53 Å². The van der Waals surface area contributed by atoms with Crippen molar-refractivity contribution >= 4 is 16.9 Å². The van der Waals surface area contributed by atoms with Crippen LogP contribution in [0.25, 0.3) is 22.1 Å². The van der Waals surface area contributed by atoms with Crippen molar-refractivity contribution in [3.05, 3.63) is 59.0 Å². The zero-order valence-corrected chi connectivity index (χ0v) is 15.8. The summed E-state index contributed by atoms with van der Waals surface area (Å²) in [6.45, 7) is 0. The second-order valence-electron chi connectivity index (χ2n) is 7.02. The number of aromatic hydroxyl groups is 1. The number of aliphatic hydroxyl groups is 4. The molecule has 0 unspecified atom stereocenters. The van der Waals surface area contributed by atoms with Gasteiger partial charge in [0.05, 0.1) is 10.9 Å². The molecule has 1 aliphatic heterocycles. The maximum absolute atomic E-state index is 12.8. The third-order valence-electron chi connectivity index (χ3n) is 4.96. The number of rotatable bonds is 3. The van der Waals surface area contributed by atoms with Crippen molar-refractivity contribution < 1.29 is 44.2 Å². The zero-order valence-electron chi connectivity index (χ0n) is 15.8. The lowest BCUT2D eigenvalue weighted by Crippen LogP contribution is -2.60. The molecule has 5 atom stereocenters. The zero-order chi connectivity index (χ0) is 22.3. The number of carbonyl (C=O) groups is 1. The van der Waals surface area contributed by atoms with Crippen LogP contribution in [0.4, 0.5) is 0 Å². The van der Waals surface area contributed by atoms with E-state index in [2.05, 4.69) is 0 Å². The summed E-state index contributed by atoms with van der Waals surface area (Å²) >= 11 is 0. The Kier molecular flexibility index (Phi) is 5.48. The van der Waals surface area contributed by atoms with E-state index in [1.807, 2.05) is 0 Å². The van der Waals surface area contributed by atoms with Crippen molar-refractivity contribution in [3.63, 3.8) is 0 Å². The fourth-order valence-electron chi connectivity index (χ4n) is 3.24. The highest BCUT2D eigenvalue weighted by Crippen LogP contribution is 2.26. The molecule has 1 saturated heterocycles. The molecule has 31 heavy (non-hydrogen) atoms. The topological polar surface area (TPSA) is 167 Å². The van der Waals surface area contributed by atoms with Crippen LogP contribution < -0.4 is 10.2 Å². The Morgan fingerprint density at radius 1 is 0.935 bits per heavy atom. The highest BCUT2D eigenvalue weighted by molar-refractivity contribution is 5.84. The lowest BCUT2D eigenvalue weighted by atomic mass is 9.99. The molecule has 0 saturated carbocycles. The molecule has 4 rings (SSSR count). The Morgan fingerprint density at radius 3 is 2.35 bits per heavy atom. The first kappa shape index (κ1) is 21.0. The molecule has 0 spiro atoms. The second kappa shape index (κ2) is 8.10. The van der Waals surface area contributed by atoms with E-state index < -0.39 is 36.7 Å². The largest absolute Gasteiger partial charge is 0.508 e. The molecule has 0 bridgehead atoms. The van der Waals surface area contributed by atoms with E-state index in [1.165, 1.54) is 36.6 Å². The number of phenolic OH excluding ortho intramolecular Hbond substituents is 1. The number of esters is 1. The van der Waals surface area contributed by atoms with E-state index in [9.17, 15) is 35.1 Å². The smallest absolute Gasteiger partial charge is 0.343 e. The Hall–Kier alpha value is -3.28. The maximum Gasteiger partial charge on any atom is 0.343 e. The average molecular weight is 430 g/mol. The highest BCUT2D eigenvalue weighted by Gasteiger charge is 2.47. The second-order valence-corrected chi connectivity index (χ2v) is 7.02. The van der Waals surface area contributed by atoms with Crippen LogP contribution in [0.15, 0.2) is 57.9 Å². The first-order valence-electron chi connectivity index (χ1n) is 9.20. The Morgan fingerprint density at radius 2 is 1.65 bits per heavy atom. The Bertz CT molecular complexity index is 1170. The molecule has 2 aromatic carbocycles. The molecule has 0 amide bonds. The van der Waals surface area contributed by atoms with Gasteiger partial charge in [0.25, 0.3) is 0 Å². The molecule has 0 radical (unpaired) electrons. The van der Waals surface area contributed by atoms with Crippen LogP contribution in [0, 0.1) is 0 Å². The van der Waals surface area contributed by atoms with Crippen LogP contribution in [0.3, 0.4) is 0 Å². The molecule has 1 aromatic heterocycles. The standard InChI is InChI=1S/C21H18O10/c22-10-3-1-9(2-4-10)13-8-29-14-7-11(5-6-12(14)15(13)23)30-21(28)19-17(25)16(24)18(26)20(27)31-19/h1-8,16-20,22,24-27H/t16-,17-,18+,19-,20+/m0/s1. The quantitative estimate of drug-likeness (QED) is 0.279. The first-order valence-corrected chi connectivity index (χ1v) is 9.20. The van der Waals surface area contributed by atoms with Gasteiger partial charge in [0, 0.05) is 6.07 Å². The number of ether oxygens (including phenoxy) is 2. The monoisotopic (exact) mass is 430 g/mol. The number of phenols is 1. The molecule has 3 aromatic rings. The number of benzene rings is 2. The van der Waals surface area contributed by atoms with Gasteiger partial charge in [-0.3, -0.25) is 4.79 Å². The van der Waals surface area contributed by atoms with Crippen LogP contribution in [-0.4, -0.2) is 62.2 Å². The van der Waals surface area contributed by atoms with E-state index in [0.717, 1.165) is 0 Å². The molecular formula is C21H18O10. The van der Waals surface area contributed by atoms with Crippen LogP contribution >= 0.6 is 0 Å². The summed E-state index contributed by atoms with van der Waals surface area (Å²) in [5, 5.41) is 48.2. The third kappa shape index (κ3) is 3.90. The van der Waals surface area contributed by atoms with Crippen LogP contribution in [0.5, 0.6) is 11.5 Å². The van der Waals surface area contributed by atoms with Gasteiger partial charge in [0.1, 0.15) is 41.7 Å². The van der Waals surface area contributed by atoms with Crippen molar-refractivity contribution in [2.75, 3.05) is 0 Å². The number of hydrogen-bond acceptors (Lipinski definition) is 10. The van der Waals surface area contributed by atoms with Crippen molar-refractivity contribution in [1.29, 1.82) is 0 Å². The predicted octanol–water partition coefficient (Wildman–Crippen LogP) is -0.129. The van der Waals surface area contributed by atoms with Crippen molar-refractivity contribution in [1.82, 2.24) is 0 Å². The van der Waals surface area contributed by atoms with Crippen LogP contribution in [0.2, 0.25) is 0 Å². The van der Waals surface area contributed by atoms with Crippen LogP contribution in [0.1, 0.15) is 0 Å². The summed E-state index contributed by atoms with van der Waals surface area (Å²) in [4.78, 5) is 25.1. The van der Waals surface area contributed by atoms with Gasteiger partial charge in [-0.2, -0.15) is 0 Å². The summed E-state index contributed by atoms with van der Waals surface area (Å²) in [7, 11) is 0. The number of aliphatic hydroxyl groups excluding tert-OH is 4. The summed E-state index contributed by atoms with van der Waals surface area (Å²) in [5.41, 5.74) is 0.610. The Labute approximate surface area is 174 Å². The van der Waals surface area contributed by atoms with Gasteiger partial charge in [-0.1, -0.05) is 12.1 Å². The van der Waals surface area contributed by atoms with E-state index in [4.69, 9.17) is 13.9 Å². The predicted molar refractivity (Wildman–Crippen MR) is 104 cm³/mol. The molecule has 0 aliphatic carbocycles. The molecular weight excluding hydrogens is 412 g/mol. The molecule has 1 aliphatic rings. The molecule has 162 valence electrons. The van der Waals surface area contributed by atoms with E-state index >= 15 is 0 Å². The minimum atomic E-state index is -1.89. The lowest BCUT2D eigenvalue weighted by Gasteiger charge is -2.36. The van der Waals surface area contributed by atoms with Gasteiger partial charge in [-0.25, -0.2) is 4.79 Å². The van der Waals surface area contributed by atoms with Crippen molar-refractivity contribution in [3.8, 4) is 22.6 Å². The van der Waals surface area contributed by atoms with Gasteiger partial charge in [-0.05, 0) is 29.8 Å². The number of carbonyl (C=O) groups excluding carboxylic acids is 1. The number of fused-ring (bicyclic) bond motifs is 1. The normalized spacial score (nSPS) is 26.0. The molecule has 2 heterocycles. The maximum atomic E-state index is 12.8.